The number of hydrogen-bond acceptors (Lipinski definition) is 3. The molecule has 2 rings (SSSR count). The maximum atomic E-state index is 8.95. The lowest BCUT2D eigenvalue weighted by Crippen LogP contribution is -1.86. The fourth-order valence-corrected chi connectivity index (χ4v) is 1.03. The normalized spacial score (nSPS) is 14.4. The first-order valence-corrected chi connectivity index (χ1v) is 3.17. The molecule has 0 spiro atoms. The van der Waals surface area contributed by atoms with Crippen molar-refractivity contribution in [1.29, 1.82) is 0 Å². The third-order valence-electron chi connectivity index (χ3n) is 1.51. The molecule has 0 saturated heterocycles. The Labute approximate surface area is 58.3 Å². The van der Waals surface area contributed by atoms with Crippen molar-refractivity contribution in [2.75, 3.05) is 6.61 Å². The summed E-state index contributed by atoms with van der Waals surface area (Å²) < 4.78 is 5.16. The van der Waals surface area contributed by atoms with Crippen molar-refractivity contribution >= 4 is 0 Å². The number of fused-ring (bicyclic) bond motifs is 1. The zero-order chi connectivity index (χ0) is 6.97. The number of nitrogens with zero attached hydrogens (tertiary/aromatic N) is 1. The van der Waals surface area contributed by atoms with Crippen molar-refractivity contribution in [3.05, 3.63) is 18.0 Å². The van der Waals surface area contributed by atoms with Crippen molar-refractivity contribution in [2.24, 2.45) is 0 Å². The monoisotopic (exact) mass is 137 g/mol. The molecule has 0 amide bonds. The van der Waals surface area contributed by atoms with E-state index in [0.717, 1.165) is 17.9 Å². The van der Waals surface area contributed by atoms with E-state index in [9.17, 15) is 0 Å². The average Bonchev–Trinajstić information content (AvgIpc) is 2.33. The lowest BCUT2D eigenvalue weighted by atomic mass is 10.3. The summed E-state index contributed by atoms with van der Waals surface area (Å²) in [6.07, 6.45) is 2.29. The molecule has 0 radical (unpaired) electrons. The summed E-state index contributed by atoms with van der Waals surface area (Å²) >= 11 is 0. The predicted octanol–water partition coefficient (Wildman–Crippen LogP) is 0.722. The van der Waals surface area contributed by atoms with Gasteiger partial charge in [-0.3, -0.25) is 4.98 Å². The van der Waals surface area contributed by atoms with Crippen molar-refractivity contribution in [3.8, 4) is 11.5 Å². The minimum atomic E-state index is 0.167. The second-order valence-corrected chi connectivity index (χ2v) is 2.24. The zero-order valence-corrected chi connectivity index (χ0v) is 5.37. The fraction of sp³-hybridized carbons (Fsp3) is 0.286. The van der Waals surface area contributed by atoms with E-state index in [2.05, 4.69) is 4.98 Å². The second kappa shape index (κ2) is 1.87. The molecule has 52 valence electrons. The molecule has 0 saturated carbocycles. The first-order valence-electron chi connectivity index (χ1n) is 3.17. The Hall–Kier alpha value is -1.25. The van der Waals surface area contributed by atoms with Crippen LogP contribution in [0.4, 0.5) is 0 Å². The number of aromatic nitrogens is 1. The standard InChI is InChI=1S/C7H7NO2/c9-5-3-7-6(8-4-5)1-2-10-7/h3-4,9H,1-2H2. The van der Waals surface area contributed by atoms with Crippen LogP contribution in [0.5, 0.6) is 11.5 Å². The van der Waals surface area contributed by atoms with Gasteiger partial charge in [0.25, 0.3) is 0 Å². The van der Waals surface area contributed by atoms with Crippen LogP contribution in [0.1, 0.15) is 5.69 Å². The summed E-state index contributed by atoms with van der Waals surface area (Å²) in [6.45, 7) is 0.686. The van der Waals surface area contributed by atoms with E-state index >= 15 is 0 Å². The highest BCUT2D eigenvalue weighted by atomic mass is 16.5. The minimum absolute atomic E-state index is 0.167. The third-order valence-corrected chi connectivity index (χ3v) is 1.51. The molecule has 3 heteroatoms. The molecule has 10 heavy (non-hydrogen) atoms. The first kappa shape index (κ1) is 5.53. The lowest BCUT2D eigenvalue weighted by Gasteiger charge is -1.96. The van der Waals surface area contributed by atoms with Crippen LogP contribution in [0.3, 0.4) is 0 Å². The Bertz CT molecular complexity index is 260. The van der Waals surface area contributed by atoms with Gasteiger partial charge < -0.3 is 9.84 Å². The number of hydrogen-bond donors (Lipinski definition) is 1. The first-order chi connectivity index (χ1) is 4.86. The van der Waals surface area contributed by atoms with E-state index in [1.165, 1.54) is 6.20 Å². The molecular formula is C7H7NO2. The summed E-state index contributed by atoms with van der Waals surface area (Å²) in [7, 11) is 0. The number of ether oxygens (including phenoxy) is 1. The number of pyridine rings is 1. The van der Waals surface area contributed by atoms with Crippen LogP contribution in [0.25, 0.3) is 0 Å². The lowest BCUT2D eigenvalue weighted by molar-refractivity contribution is 0.354. The summed E-state index contributed by atoms with van der Waals surface area (Å²) in [5.41, 5.74) is 0.942. The molecule has 1 aliphatic rings. The van der Waals surface area contributed by atoms with E-state index in [0.29, 0.717) is 6.61 Å². The van der Waals surface area contributed by atoms with Gasteiger partial charge in [-0.25, -0.2) is 0 Å². The number of aromatic hydroxyl groups is 1. The highest BCUT2D eigenvalue weighted by Crippen LogP contribution is 2.25. The van der Waals surface area contributed by atoms with Gasteiger partial charge in [0, 0.05) is 12.5 Å². The topological polar surface area (TPSA) is 42.4 Å². The van der Waals surface area contributed by atoms with Crippen LogP contribution < -0.4 is 4.74 Å². The molecular weight excluding hydrogens is 130 g/mol. The molecule has 3 nitrogen and oxygen atoms in total. The van der Waals surface area contributed by atoms with Gasteiger partial charge in [-0.1, -0.05) is 0 Å². The van der Waals surface area contributed by atoms with E-state index in [-0.39, 0.29) is 5.75 Å². The van der Waals surface area contributed by atoms with Gasteiger partial charge in [-0.15, -0.1) is 0 Å². The molecule has 0 bridgehead atoms. The third kappa shape index (κ3) is 0.708. The Morgan fingerprint density at radius 1 is 1.60 bits per heavy atom. The minimum Gasteiger partial charge on any atom is -0.506 e. The largest absolute Gasteiger partial charge is 0.506 e. The Morgan fingerprint density at radius 3 is 3.40 bits per heavy atom. The highest BCUT2D eigenvalue weighted by Gasteiger charge is 2.12. The average molecular weight is 137 g/mol. The fourth-order valence-electron chi connectivity index (χ4n) is 1.03. The van der Waals surface area contributed by atoms with Gasteiger partial charge in [0.05, 0.1) is 18.5 Å². The smallest absolute Gasteiger partial charge is 0.144 e. The van der Waals surface area contributed by atoms with E-state index in [4.69, 9.17) is 9.84 Å². The highest BCUT2D eigenvalue weighted by molar-refractivity contribution is 5.36. The van der Waals surface area contributed by atoms with Crippen LogP contribution in [0.2, 0.25) is 0 Å². The van der Waals surface area contributed by atoms with Crippen LogP contribution in [-0.2, 0) is 6.42 Å². The quantitative estimate of drug-likeness (QED) is 0.573. The summed E-state index contributed by atoms with van der Waals surface area (Å²) in [4.78, 5) is 3.98. The Balaban J connectivity index is 2.52. The van der Waals surface area contributed by atoms with Gasteiger partial charge >= 0.3 is 0 Å². The van der Waals surface area contributed by atoms with Crippen LogP contribution in [-0.4, -0.2) is 16.7 Å². The van der Waals surface area contributed by atoms with Gasteiger partial charge in [0.2, 0.25) is 0 Å². The van der Waals surface area contributed by atoms with Crippen molar-refractivity contribution in [1.82, 2.24) is 4.98 Å². The van der Waals surface area contributed by atoms with Gasteiger partial charge in [0.1, 0.15) is 11.5 Å². The van der Waals surface area contributed by atoms with Crippen molar-refractivity contribution in [2.45, 2.75) is 6.42 Å². The molecule has 0 fully saturated rings. The molecule has 1 N–H and O–H groups in total. The maximum Gasteiger partial charge on any atom is 0.144 e. The van der Waals surface area contributed by atoms with Gasteiger partial charge in [-0.2, -0.15) is 0 Å². The molecule has 0 aliphatic carbocycles. The predicted molar refractivity (Wildman–Crippen MR) is 35.1 cm³/mol. The molecule has 0 unspecified atom stereocenters. The van der Waals surface area contributed by atoms with E-state index in [1.54, 1.807) is 6.07 Å². The zero-order valence-electron chi connectivity index (χ0n) is 5.37. The van der Waals surface area contributed by atoms with E-state index in [1.807, 2.05) is 0 Å². The van der Waals surface area contributed by atoms with Crippen molar-refractivity contribution in [3.63, 3.8) is 0 Å². The summed E-state index contributed by atoms with van der Waals surface area (Å²) in [5, 5.41) is 8.95. The second-order valence-electron chi connectivity index (χ2n) is 2.24. The maximum absolute atomic E-state index is 8.95. The molecule has 0 atom stereocenters. The molecule has 1 aromatic heterocycles. The summed E-state index contributed by atoms with van der Waals surface area (Å²) in [5.74, 6) is 0.889. The molecule has 0 aromatic carbocycles. The summed E-state index contributed by atoms with van der Waals surface area (Å²) in [6, 6.07) is 1.59. The van der Waals surface area contributed by atoms with Crippen molar-refractivity contribution < 1.29 is 9.84 Å². The van der Waals surface area contributed by atoms with Crippen LogP contribution >= 0.6 is 0 Å². The van der Waals surface area contributed by atoms with E-state index < -0.39 is 0 Å². The Morgan fingerprint density at radius 2 is 2.50 bits per heavy atom. The van der Waals surface area contributed by atoms with Gasteiger partial charge in [-0.05, 0) is 0 Å². The number of rotatable bonds is 0. The van der Waals surface area contributed by atoms with Gasteiger partial charge in [0.15, 0.2) is 0 Å². The van der Waals surface area contributed by atoms with Crippen LogP contribution in [0.15, 0.2) is 12.3 Å². The molecule has 1 aliphatic heterocycles. The molecule has 2 heterocycles. The Kier molecular flexibility index (Phi) is 1.03. The SMILES string of the molecule is Oc1cnc2c(c1)OCC2. The molecule has 1 aromatic rings. The van der Waals surface area contributed by atoms with Crippen LogP contribution in [0, 0.1) is 0 Å².